The molecule has 2 atom stereocenters. The average molecular weight is 285 g/mol. The summed E-state index contributed by atoms with van der Waals surface area (Å²) in [4.78, 5) is 7.15. The molecule has 0 aromatic carbocycles. The van der Waals surface area contributed by atoms with Crippen molar-refractivity contribution in [3.05, 3.63) is 15.2 Å². The van der Waals surface area contributed by atoms with Crippen molar-refractivity contribution in [1.29, 1.82) is 0 Å². The summed E-state index contributed by atoms with van der Waals surface area (Å²) in [6.07, 6.45) is 3.95. The zero-order valence-electron chi connectivity index (χ0n) is 9.69. The van der Waals surface area contributed by atoms with Gasteiger partial charge in [-0.05, 0) is 0 Å². The molecule has 0 bridgehead atoms. The van der Waals surface area contributed by atoms with Crippen LogP contribution in [0.3, 0.4) is 0 Å². The van der Waals surface area contributed by atoms with Gasteiger partial charge in [0, 0.05) is 0 Å². The molecule has 0 spiro atoms. The van der Waals surface area contributed by atoms with Crippen molar-refractivity contribution in [2.75, 3.05) is 19.7 Å². The van der Waals surface area contributed by atoms with E-state index in [4.69, 9.17) is 4.74 Å². The van der Waals surface area contributed by atoms with Crippen LogP contribution in [0.15, 0.2) is 5.07 Å². The van der Waals surface area contributed by atoms with Crippen molar-refractivity contribution in [3.63, 3.8) is 0 Å². The van der Waals surface area contributed by atoms with Crippen molar-refractivity contribution in [2.24, 2.45) is 0 Å². The predicted molar refractivity (Wildman–Crippen MR) is 64.0 cm³/mol. The van der Waals surface area contributed by atoms with Gasteiger partial charge in [0.15, 0.2) is 0 Å². The Labute approximate surface area is 103 Å². The fourth-order valence-corrected chi connectivity index (χ4v) is 4.62. The standard InChI is InChI=1S/C12H18N2OSe/c1-2-3-14-4-5-15-11-7-12-9(6-10(11)14)13-8-16-12/h8,10-11H,2-7H2,1H3/t10-,11-/m1/s1. The zero-order valence-corrected chi connectivity index (χ0v) is 11.4. The predicted octanol–water partition coefficient (Wildman–Crippen LogP) is 0.717. The number of aromatic nitrogens is 1. The zero-order chi connectivity index (χ0) is 11.0. The fraction of sp³-hybridized carbons (Fsp3) is 0.750. The topological polar surface area (TPSA) is 25.4 Å². The number of morpholine rings is 1. The molecule has 4 heteroatoms. The molecular formula is C12H18N2OSe. The molecule has 2 aliphatic rings. The van der Waals surface area contributed by atoms with Crippen LogP contribution in [0.5, 0.6) is 0 Å². The van der Waals surface area contributed by atoms with Crippen LogP contribution >= 0.6 is 0 Å². The molecule has 16 heavy (non-hydrogen) atoms. The molecule has 0 unspecified atom stereocenters. The van der Waals surface area contributed by atoms with Crippen LogP contribution in [0, 0.1) is 0 Å². The number of hydrogen-bond acceptors (Lipinski definition) is 3. The third-order valence-corrected chi connectivity index (χ3v) is 5.52. The normalized spacial score (nSPS) is 29.8. The number of rotatable bonds is 2. The van der Waals surface area contributed by atoms with E-state index in [2.05, 4.69) is 21.9 Å². The van der Waals surface area contributed by atoms with E-state index in [-0.39, 0.29) is 0 Å². The molecule has 3 nitrogen and oxygen atoms in total. The van der Waals surface area contributed by atoms with Gasteiger partial charge in [0.1, 0.15) is 0 Å². The Balaban J connectivity index is 1.81. The number of hydrogen-bond donors (Lipinski definition) is 0. The monoisotopic (exact) mass is 286 g/mol. The van der Waals surface area contributed by atoms with Gasteiger partial charge in [-0.25, -0.2) is 0 Å². The quantitative estimate of drug-likeness (QED) is 0.749. The summed E-state index contributed by atoms with van der Waals surface area (Å²) in [5.74, 6) is 0. The molecule has 1 fully saturated rings. The maximum atomic E-state index is 5.95. The van der Waals surface area contributed by atoms with Crippen molar-refractivity contribution in [3.8, 4) is 0 Å². The van der Waals surface area contributed by atoms with Crippen LogP contribution in [-0.4, -0.2) is 56.2 Å². The van der Waals surface area contributed by atoms with Gasteiger partial charge in [-0.15, -0.1) is 0 Å². The molecular weight excluding hydrogens is 267 g/mol. The minimum atomic E-state index is 0.447. The van der Waals surface area contributed by atoms with Crippen LogP contribution in [0.25, 0.3) is 0 Å². The van der Waals surface area contributed by atoms with E-state index >= 15 is 0 Å². The summed E-state index contributed by atoms with van der Waals surface area (Å²) in [7, 11) is 0. The molecule has 1 aliphatic heterocycles. The summed E-state index contributed by atoms with van der Waals surface area (Å²) in [6.45, 7) is 5.49. The van der Waals surface area contributed by atoms with Gasteiger partial charge < -0.3 is 0 Å². The molecule has 1 aromatic rings. The molecule has 1 aromatic heterocycles. The second-order valence-electron chi connectivity index (χ2n) is 4.64. The first-order valence-electron chi connectivity index (χ1n) is 6.15. The third-order valence-electron chi connectivity index (χ3n) is 3.63. The van der Waals surface area contributed by atoms with Gasteiger partial charge in [0.2, 0.25) is 0 Å². The summed E-state index contributed by atoms with van der Waals surface area (Å²) in [5.41, 5.74) is 1.38. The Morgan fingerprint density at radius 3 is 3.38 bits per heavy atom. The first kappa shape index (κ1) is 11.0. The third kappa shape index (κ3) is 1.88. The van der Waals surface area contributed by atoms with E-state index in [1.807, 2.05) is 0 Å². The maximum absolute atomic E-state index is 5.95. The average Bonchev–Trinajstić information content (AvgIpc) is 2.74. The van der Waals surface area contributed by atoms with Gasteiger partial charge >= 0.3 is 102 Å². The minimum absolute atomic E-state index is 0.447. The van der Waals surface area contributed by atoms with E-state index < -0.39 is 0 Å². The first-order chi connectivity index (χ1) is 7.88. The second kappa shape index (κ2) is 4.61. The summed E-state index contributed by atoms with van der Waals surface area (Å²) < 4.78 is 7.54. The van der Waals surface area contributed by atoms with E-state index in [9.17, 15) is 0 Å². The molecule has 0 saturated carbocycles. The number of nitrogens with zero attached hydrogens (tertiary/aromatic N) is 2. The SMILES string of the molecule is CCCN1CCO[C@@H]2Cc3[se]cnc3C[C@H]21. The summed E-state index contributed by atoms with van der Waals surface area (Å²) in [6, 6.07) is 0.596. The van der Waals surface area contributed by atoms with Crippen molar-refractivity contribution < 1.29 is 4.74 Å². The Kier molecular flexibility index (Phi) is 3.16. The van der Waals surface area contributed by atoms with Gasteiger partial charge in [0.25, 0.3) is 0 Å². The van der Waals surface area contributed by atoms with Crippen molar-refractivity contribution in [2.45, 2.75) is 38.3 Å². The van der Waals surface area contributed by atoms with Crippen LogP contribution in [0.4, 0.5) is 0 Å². The second-order valence-corrected chi connectivity index (χ2v) is 6.61. The Morgan fingerprint density at radius 1 is 1.56 bits per heavy atom. The van der Waals surface area contributed by atoms with Crippen LogP contribution in [-0.2, 0) is 17.6 Å². The van der Waals surface area contributed by atoms with E-state index in [1.165, 1.54) is 18.7 Å². The van der Waals surface area contributed by atoms with Gasteiger partial charge in [-0.2, -0.15) is 0 Å². The molecule has 1 aliphatic carbocycles. The Hall–Kier alpha value is -0.151. The van der Waals surface area contributed by atoms with Crippen molar-refractivity contribution in [1.82, 2.24) is 9.88 Å². The summed E-state index contributed by atoms with van der Waals surface area (Å²) >= 11 is 0.525. The number of ether oxygens (including phenoxy) is 1. The first-order valence-corrected chi connectivity index (χ1v) is 8.00. The molecule has 0 amide bonds. The van der Waals surface area contributed by atoms with Gasteiger partial charge in [-0.1, -0.05) is 0 Å². The van der Waals surface area contributed by atoms with Gasteiger partial charge in [-0.3, -0.25) is 0 Å². The fourth-order valence-electron chi connectivity index (χ4n) is 2.86. The number of fused-ring (bicyclic) bond motifs is 2. The molecule has 0 N–H and O–H groups in total. The van der Waals surface area contributed by atoms with Gasteiger partial charge in [0.05, 0.1) is 0 Å². The Bertz CT molecular complexity index is 364. The van der Waals surface area contributed by atoms with Crippen LogP contribution < -0.4 is 0 Å². The van der Waals surface area contributed by atoms with Crippen LogP contribution in [0.1, 0.15) is 23.5 Å². The van der Waals surface area contributed by atoms with E-state index in [0.29, 0.717) is 26.6 Å². The molecule has 2 heterocycles. The van der Waals surface area contributed by atoms with E-state index in [0.717, 1.165) is 26.0 Å². The summed E-state index contributed by atoms with van der Waals surface area (Å²) in [5, 5.41) is 2.12. The molecule has 1 saturated heterocycles. The van der Waals surface area contributed by atoms with Crippen molar-refractivity contribution >= 4 is 14.5 Å². The van der Waals surface area contributed by atoms with Crippen LogP contribution in [0.2, 0.25) is 0 Å². The molecule has 0 radical (unpaired) electrons. The molecule has 88 valence electrons. The molecule has 3 rings (SSSR count). The van der Waals surface area contributed by atoms with E-state index in [1.54, 1.807) is 4.44 Å². The Morgan fingerprint density at radius 2 is 2.50 bits per heavy atom.